The monoisotopic (exact) mass is 481 g/mol. The molecular weight excluding hydrogens is 450 g/mol. The van der Waals surface area contributed by atoms with Crippen molar-refractivity contribution in [1.82, 2.24) is 4.98 Å². The molecule has 1 aliphatic rings. The fourth-order valence-electron chi connectivity index (χ4n) is 3.95. The molecule has 5 nitrogen and oxygen atoms in total. The minimum absolute atomic E-state index is 0.0819. The Morgan fingerprint density at radius 1 is 1.26 bits per heavy atom. The number of halogens is 1. The van der Waals surface area contributed by atoms with Crippen LogP contribution >= 0.6 is 11.6 Å². The predicted molar refractivity (Wildman–Crippen MR) is 127 cm³/mol. The third kappa shape index (κ3) is 5.22. The molecule has 1 N–H and O–H groups in total. The van der Waals surface area contributed by atoms with Gasteiger partial charge in [0.25, 0.3) is 10.1 Å². The normalized spacial score (nSPS) is 19.9. The number of nitrogens with zero attached hydrogens (tertiary/aromatic N) is 1. The molecule has 0 saturated carbocycles. The number of aromatic nitrogens is 1. The molecule has 0 amide bonds. The summed E-state index contributed by atoms with van der Waals surface area (Å²) in [7, 11) is -6.39. The van der Waals surface area contributed by atoms with Crippen molar-refractivity contribution in [3.63, 3.8) is 0 Å². The van der Waals surface area contributed by atoms with E-state index in [9.17, 15) is 13.0 Å². The van der Waals surface area contributed by atoms with Crippen LogP contribution in [-0.4, -0.2) is 26.3 Å². The summed E-state index contributed by atoms with van der Waals surface area (Å²) in [5, 5.41) is 0.194. The summed E-state index contributed by atoms with van der Waals surface area (Å²) in [5.74, 6) is 0.222. The van der Waals surface area contributed by atoms with Gasteiger partial charge in [0, 0.05) is 6.20 Å². The van der Waals surface area contributed by atoms with Gasteiger partial charge in [-0.3, -0.25) is 9.54 Å². The molecule has 1 aromatic carbocycles. The van der Waals surface area contributed by atoms with Gasteiger partial charge < -0.3 is 4.43 Å². The number of fused-ring (bicyclic) bond motifs is 1. The van der Waals surface area contributed by atoms with Crippen LogP contribution in [0.4, 0.5) is 0 Å². The minimum Gasteiger partial charge on any atom is -0.408 e. The lowest BCUT2D eigenvalue weighted by molar-refractivity contribution is 0.134. The first kappa shape index (κ1) is 24.4. The number of rotatable bonds is 5. The van der Waals surface area contributed by atoms with Crippen LogP contribution in [0.3, 0.4) is 0 Å². The van der Waals surface area contributed by atoms with Gasteiger partial charge in [0.2, 0.25) is 0 Å². The van der Waals surface area contributed by atoms with Gasteiger partial charge in [-0.2, -0.15) is 8.42 Å². The van der Waals surface area contributed by atoms with Crippen LogP contribution in [0, 0.1) is 12.8 Å². The van der Waals surface area contributed by atoms with E-state index in [1.165, 1.54) is 11.6 Å². The second kappa shape index (κ2) is 8.59. The van der Waals surface area contributed by atoms with Crippen LogP contribution in [0.5, 0.6) is 0 Å². The van der Waals surface area contributed by atoms with Gasteiger partial charge in [-0.15, -0.1) is 0 Å². The fraction of sp³-hybridized carbons (Fsp3) is 0.522. The Labute approximate surface area is 192 Å². The zero-order valence-corrected chi connectivity index (χ0v) is 21.6. The van der Waals surface area contributed by atoms with Crippen molar-refractivity contribution in [2.45, 2.75) is 76.1 Å². The molecule has 1 aromatic heterocycles. The Morgan fingerprint density at radius 2 is 1.94 bits per heavy atom. The van der Waals surface area contributed by atoms with Gasteiger partial charge in [0.15, 0.2) is 8.32 Å². The summed E-state index contributed by atoms with van der Waals surface area (Å²) in [6, 6.07) is 7.10. The van der Waals surface area contributed by atoms with Gasteiger partial charge in [-0.25, -0.2) is 0 Å². The number of aryl methyl sites for hydroxylation is 1. The molecule has 8 heteroatoms. The Bertz CT molecular complexity index is 1080. The van der Waals surface area contributed by atoms with E-state index in [2.05, 4.69) is 44.9 Å². The highest BCUT2D eigenvalue weighted by Crippen LogP contribution is 2.44. The summed E-state index contributed by atoms with van der Waals surface area (Å²) in [6.45, 7) is 13.1. The second-order valence-electron chi connectivity index (χ2n) is 10.1. The molecule has 0 radical (unpaired) electrons. The maximum atomic E-state index is 11.7. The van der Waals surface area contributed by atoms with Gasteiger partial charge in [-0.1, -0.05) is 44.5 Å². The molecule has 31 heavy (non-hydrogen) atoms. The van der Waals surface area contributed by atoms with E-state index >= 15 is 0 Å². The Hall–Kier alpha value is -1.25. The third-order valence-electron chi connectivity index (χ3n) is 6.74. The Balaban J connectivity index is 1.95. The van der Waals surface area contributed by atoms with Crippen molar-refractivity contribution >= 4 is 30.0 Å². The van der Waals surface area contributed by atoms with Crippen molar-refractivity contribution in [2.24, 2.45) is 5.92 Å². The first-order valence-electron chi connectivity index (χ1n) is 10.6. The van der Waals surface area contributed by atoms with Crippen molar-refractivity contribution in [3.8, 4) is 0 Å². The molecule has 0 fully saturated rings. The van der Waals surface area contributed by atoms with E-state index < -0.39 is 18.4 Å². The molecule has 0 spiro atoms. The van der Waals surface area contributed by atoms with E-state index in [4.69, 9.17) is 16.0 Å². The molecule has 1 aliphatic carbocycles. The van der Waals surface area contributed by atoms with Crippen molar-refractivity contribution < 1.29 is 17.4 Å². The molecule has 2 aromatic rings. The summed E-state index contributed by atoms with van der Waals surface area (Å²) in [5.41, 5.74) is 3.86. The highest BCUT2D eigenvalue weighted by atomic mass is 35.5. The molecule has 0 saturated heterocycles. The zero-order valence-electron chi connectivity index (χ0n) is 19.1. The van der Waals surface area contributed by atoms with Gasteiger partial charge in [0.1, 0.15) is 4.90 Å². The van der Waals surface area contributed by atoms with Crippen LogP contribution in [0.25, 0.3) is 0 Å². The molecule has 1 heterocycles. The van der Waals surface area contributed by atoms with Crippen LogP contribution in [0.1, 0.15) is 55.7 Å². The number of hydrogen-bond acceptors (Lipinski definition) is 4. The Morgan fingerprint density at radius 3 is 2.55 bits per heavy atom. The first-order chi connectivity index (χ1) is 14.2. The van der Waals surface area contributed by atoms with E-state index in [1.807, 2.05) is 19.2 Å². The SMILES string of the molecule is Cc1ccc(S(=O)(=O)O)c(Cl)c1C[C@H]1Cc2cccnc2[C@@H](O[Si](C)(C)C(C)(C)C)C1. The molecule has 0 bridgehead atoms. The lowest BCUT2D eigenvalue weighted by Gasteiger charge is -2.42. The van der Waals surface area contributed by atoms with Crippen LogP contribution in [-0.2, 0) is 27.4 Å². The molecule has 0 unspecified atom stereocenters. The first-order valence-corrected chi connectivity index (χ1v) is 15.3. The van der Waals surface area contributed by atoms with E-state index in [-0.39, 0.29) is 27.0 Å². The van der Waals surface area contributed by atoms with E-state index in [1.54, 1.807) is 6.07 Å². The van der Waals surface area contributed by atoms with Crippen LogP contribution in [0.15, 0.2) is 35.4 Å². The largest absolute Gasteiger partial charge is 0.408 e. The van der Waals surface area contributed by atoms with Crippen molar-refractivity contribution in [1.29, 1.82) is 0 Å². The standard InChI is InChI=1S/C23H32ClNO4SSi/c1-15-9-10-20(30(26,27)28)21(24)18(15)13-16-12-17-8-7-11-25-22(17)19(14-16)29-31(5,6)23(2,3)4/h7-11,16,19H,12-14H2,1-6H3,(H,26,27,28)/t16-,19+/m1/s1. The summed E-state index contributed by atoms with van der Waals surface area (Å²) in [6.07, 6.45) is 3.95. The smallest absolute Gasteiger partial charge is 0.296 e. The van der Waals surface area contributed by atoms with E-state index in [0.717, 1.165) is 29.7 Å². The minimum atomic E-state index is -4.37. The average Bonchev–Trinajstić information content (AvgIpc) is 2.63. The maximum absolute atomic E-state index is 11.7. The highest BCUT2D eigenvalue weighted by molar-refractivity contribution is 7.86. The molecule has 3 rings (SSSR count). The molecular formula is C23H32ClNO4SSi. The lowest BCUT2D eigenvalue weighted by Crippen LogP contribution is -2.43. The summed E-state index contributed by atoms with van der Waals surface area (Å²) in [4.78, 5) is 4.41. The molecule has 0 aliphatic heterocycles. The zero-order chi connectivity index (χ0) is 23.2. The van der Waals surface area contributed by atoms with E-state index in [0.29, 0.717) is 6.42 Å². The topological polar surface area (TPSA) is 76.5 Å². The van der Waals surface area contributed by atoms with Gasteiger partial charge in [0.05, 0.1) is 16.8 Å². The van der Waals surface area contributed by atoms with Crippen molar-refractivity contribution in [2.75, 3.05) is 0 Å². The van der Waals surface area contributed by atoms with Crippen molar-refractivity contribution in [3.05, 3.63) is 57.9 Å². The number of benzene rings is 1. The summed E-state index contributed by atoms with van der Waals surface area (Å²) >= 11 is 6.44. The quantitative estimate of drug-likeness (QED) is 0.408. The Kier molecular flexibility index (Phi) is 6.76. The number of hydrogen-bond donors (Lipinski definition) is 1. The lowest BCUT2D eigenvalue weighted by atomic mass is 9.81. The van der Waals surface area contributed by atoms with Gasteiger partial charge >= 0.3 is 0 Å². The van der Waals surface area contributed by atoms with Gasteiger partial charge in [-0.05, 0) is 79.1 Å². The fourth-order valence-corrected chi connectivity index (χ4v) is 6.39. The molecule has 2 atom stereocenters. The highest BCUT2D eigenvalue weighted by Gasteiger charge is 2.41. The maximum Gasteiger partial charge on any atom is 0.296 e. The number of pyridine rings is 1. The predicted octanol–water partition coefficient (Wildman–Crippen LogP) is 6.16. The summed E-state index contributed by atoms with van der Waals surface area (Å²) < 4.78 is 39.8. The van der Waals surface area contributed by atoms with Crippen LogP contribution < -0.4 is 0 Å². The molecule has 170 valence electrons. The van der Waals surface area contributed by atoms with Crippen LogP contribution in [0.2, 0.25) is 23.2 Å². The third-order valence-corrected chi connectivity index (χ3v) is 12.7. The second-order valence-corrected chi connectivity index (χ2v) is 16.6. The average molecular weight is 482 g/mol.